The summed E-state index contributed by atoms with van der Waals surface area (Å²) < 4.78 is 35.9. The summed E-state index contributed by atoms with van der Waals surface area (Å²) in [5.41, 5.74) is 3.91. The molecule has 1 aliphatic heterocycles. The van der Waals surface area contributed by atoms with Crippen LogP contribution in [0, 0.1) is 15.9 Å². The van der Waals surface area contributed by atoms with Gasteiger partial charge in [0.25, 0.3) is 11.6 Å². The number of anilines is 1. The first-order chi connectivity index (χ1) is 9.71. The normalized spacial score (nSPS) is 17.5. The lowest BCUT2D eigenvalue weighted by atomic mass is 10.1. The monoisotopic (exact) mass is 317 g/mol. The molecule has 0 saturated carbocycles. The van der Waals surface area contributed by atoms with Crippen molar-refractivity contribution < 1.29 is 22.5 Å². The number of carbonyl (C=O) groups is 1. The zero-order valence-corrected chi connectivity index (χ0v) is 11.6. The van der Waals surface area contributed by atoms with E-state index < -0.39 is 32.2 Å². The van der Waals surface area contributed by atoms with Crippen LogP contribution >= 0.6 is 0 Å². The highest BCUT2D eigenvalue weighted by Gasteiger charge is 2.30. The van der Waals surface area contributed by atoms with E-state index in [9.17, 15) is 27.7 Å². The van der Waals surface area contributed by atoms with Crippen molar-refractivity contribution in [3.8, 4) is 0 Å². The fourth-order valence-electron chi connectivity index (χ4n) is 1.99. The summed E-state index contributed by atoms with van der Waals surface area (Å²) in [6.45, 7) is -0.120. The largest absolute Gasteiger partial charge is 0.396 e. The van der Waals surface area contributed by atoms with Crippen molar-refractivity contribution in [3.05, 3.63) is 33.6 Å². The zero-order valence-electron chi connectivity index (χ0n) is 10.8. The minimum atomic E-state index is -3.19. The Hall–Kier alpha value is -2.23. The van der Waals surface area contributed by atoms with Crippen LogP contribution in [-0.4, -0.2) is 48.7 Å². The lowest BCUT2D eigenvalue weighted by Crippen LogP contribution is -2.43. The van der Waals surface area contributed by atoms with Gasteiger partial charge in [0.05, 0.1) is 28.2 Å². The fourth-order valence-corrected chi connectivity index (χ4v) is 3.19. The number of benzene rings is 1. The highest BCUT2D eigenvalue weighted by Crippen LogP contribution is 2.26. The van der Waals surface area contributed by atoms with Crippen LogP contribution in [0.3, 0.4) is 0 Å². The molecule has 1 saturated heterocycles. The number of rotatable bonds is 2. The quantitative estimate of drug-likeness (QED) is 0.471. The molecule has 114 valence electrons. The minimum absolute atomic E-state index is 0.0599. The summed E-state index contributed by atoms with van der Waals surface area (Å²) in [6.07, 6.45) is 0. The Morgan fingerprint density at radius 2 is 1.90 bits per heavy atom. The van der Waals surface area contributed by atoms with Crippen LogP contribution in [0.15, 0.2) is 12.1 Å². The van der Waals surface area contributed by atoms with Crippen LogP contribution in [0.5, 0.6) is 0 Å². The lowest BCUT2D eigenvalue weighted by Gasteiger charge is -2.26. The molecule has 0 radical (unpaired) electrons. The Morgan fingerprint density at radius 3 is 2.43 bits per heavy atom. The molecule has 0 bridgehead atoms. The number of nitrogens with zero attached hydrogens (tertiary/aromatic N) is 2. The standard InChI is InChI=1S/C11H12FN3O5S/c12-8-6-10(15(17)18)7(5-9(8)13)11(16)14-1-3-21(19,20)4-2-14/h5-6H,1-4,13H2. The Kier molecular flexibility index (Phi) is 3.81. The van der Waals surface area contributed by atoms with Crippen molar-refractivity contribution in [1.29, 1.82) is 0 Å². The van der Waals surface area contributed by atoms with Gasteiger partial charge in [0, 0.05) is 13.1 Å². The van der Waals surface area contributed by atoms with Gasteiger partial charge in [0.15, 0.2) is 15.7 Å². The predicted molar refractivity (Wildman–Crippen MR) is 72.0 cm³/mol. The minimum Gasteiger partial charge on any atom is -0.396 e. The number of hydrogen-bond donors (Lipinski definition) is 1. The Balaban J connectivity index is 2.35. The summed E-state index contributed by atoms with van der Waals surface area (Å²) in [7, 11) is -3.19. The number of hydrogen-bond acceptors (Lipinski definition) is 6. The molecule has 1 amide bonds. The van der Waals surface area contributed by atoms with Gasteiger partial charge in [-0.2, -0.15) is 0 Å². The summed E-state index contributed by atoms with van der Waals surface area (Å²) in [6, 6.07) is 1.49. The first-order valence-electron chi connectivity index (χ1n) is 5.94. The number of sulfone groups is 1. The van der Waals surface area contributed by atoms with Crippen LogP contribution in [0.4, 0.5) is 15.8 Å². The molecule has 8 nitrogen and oxygen atoms in total. The number of halogens is 1. The van der Waals surface area contributed by atoms with Gasteiger partial charge in [0.1, 0.15) is 5.56 Å². The van der Waals surface area contributed by atoms with Crippen molar-refractivity contribution in [3.63, 3.8) is 0 Å². The summed E-state index contributed by atoms with van der Waals surface area (Å²) in [4.78, 5) is 23.5. The predicted octanol–water partition coefficient (Wildman–Crippen LogP) is 0.187. The molecule has 2 N–H and O–H groups in total. The van der Waals surface area contributed by atoms with Gasteiger partial charge in [0.2, 0.25) is 0 Å². The van der Waals surface area contributed by atoms with Crippen LogP contribution in [-0.2, 0) is 9.84 Å². The average Bonchev–Trinajstić information content (AvgIpc) is 2.40. The topological polar surface area (TPSA) is 124 Å². The van der Waals surface area contributed by atoms with Crippen molar-refractivity contribution in [2.24, 2.45) is 0 Å². The number of nitro benzene ring substituents is 1. The molecule has 1 fully saturated rings. The Labute approximate surface area is 119 Å². The molecule has 0 spiro atoms. The van der Waals surface area contributed by atoms with E-state index in [0.29, 0.717) is 6.07 Å². The molecule has 1 aromatic carbocycles. The third-order valence-electron chi connectivity index (χ3n) is 3.17. The second-order valence-electron chi connectivity index (χ2n) is 4.59. The first-order valence-corrected chi connectivity index (χ1v) is 7.76. The SMILES string of the molecule is Nc1cc(C(=O)N2CCS(=O)(=O)CC2)c([N+](=O)[O-])cc1F. The summed E-state index contributed by atoms with van der Waals surface area (Å²) in [5, 5.41) is 10.9. The summed E-state index contributed by atoms with van der Waals surface area (Å²) >= 11 is 0. The third kappa shape index (κ3) is 3.10. The Bertz CT molecular complexity index is 705. The number of carbonyl (C=O) groups excluding carboxylic acids is 1. The van der Waals surface area contributed by atoms with Gasteiger partial charge in [-0.05, 0) is 6.07 Å². The van der Waals surface area contributed by atoms with E-state index in [2.05, 4.69) is 0 Å². The van der Waals surface area contributed by atoms with Crippen LogP contribution in [0.1, 0.15) is 10.4 Å². The molecule has 10 heteroatoms. The number of nitrogens with two attached hydrogens (primary N) is 1. The van der Waals surface area contributed by atoms with Gasteiger partial charge in [-0.3, -0.25) is 14.9 Å². The van der Waals surface area contributed by atoms with E-state index in [1.165, 1.54) is 4.90 Å². The molecule has 0 aromatic heterocycles. The van der Waals surface area contributed by atoms with E-state index in [-0.39, 0.29) is 35.8 Å². The van der Waals surface area contributed by atoms with Crippen molar-refractivity contribution >= 4 is 27.1 Å². The van der Waals surface area contributed by atoms with Gasteiger partial charge >= 0.3 is 0 Å². The highest BCUT2D eigenvalue weighted by atomic mass is 32.2. The number of amides is 1. The van der Waals surface area contributed by atoms with Gasteiger partial charge in [-0.15, -0.1) is 0 Å². The van der Waals surface area contributed by atoms with Crippen LogP contribution in [0.25, 0.3) is 0 Å². The van der Waals surface area contributed by atoms with E-state index >= 15 is 0 Å². The third-order valence-corrected chi connectivity index (χ3v) is 4.78. The second-order valence-corrected chi connectivity index (χ2v) is 6.90. The van der Waals surface area contributed by atoms with Gasteiger partial charge in [-0.1, -0.05) is 0 Å². The molecule has 0 aliphatic carbocycles. The second kappa shape index (κ2) is 5.28. The average molecular weight is 317 g/mol. The van der Waals surface area contributed by atoms with Crippen molar-refractivity contribution in [1.82, 2.24) is 4.90 Å². The maximum atomic E-state index is 13.3. The molecular formula is C11H12FN3O5S. The molecule has 2 rings (SSSR count). The molecule has 0 atom stereocenters. The molecule has 21 heavy (non-hydrogen) atoms. The number of nitro groups is 1. The number of nitrogen functional groups attached to an aromatic ring is 1. The van der Waals surface area contributed by atoms with E-state index in [1.807, 2.05) is 0 Å². The molecular weight excluding hydrogens is 305 g/mol. The van der Waals surface area contributed by atoms with Crippen molar-refractivity contribution in [2.75, 3.05) is 30.3 Å². The maximum absolute atomic E-state index is 13.3. The molecule has 1 aliphatic rings. The van der Waals surface area contributed by atoms with E-state index in [4.69, 9.17) is 5.73 Å². The van der Waals surface area contributed by atoms with Crippen LogP contribution < -0.4 is 5.73 Å². The van der Waals surface area contributed by atoms with Crippen molar-refractivity contribution in [2.45, 2.75) is 0 Å². The first kappa shape index (κ1) is 15.2. The maximum Gasteiger partial charge on any atom is 0.285 e. The van der Waals surface area contributed by atoms with Gasteiger partial charge in [-0.25, -0.2) is 12.8 Å². The van der Waals surface area contributed by atoms with Gasteiger partial charge < -0.3 is 10.6 Å². The smallest absolute Gasteiger partial charge is 0.285 e. The molecule has 1 aromatic rings. The van der Waals surface area contributed by atoms with Crippen LogP contribution in [0.2, 0.25) is 0 Å². The van der Waals surface area contributed by atoms with E-state index in [1.54, 1.807) is 0 Å². The zero-order chi connectivity index (χ0) is 15.8. The molecule has 1 heterocycles. The summed E-state index contributed by atoms with van der Waals surface area (Å²) in [5.74, 6) is -2.13. The Morgan fingerprint density at radius 1 is 1.33 bits per heavy atom. The molecule has 0 unspecified atom stereocenters. The fraction of sp³-hybridized carbons (Fsp3) is 0.364. The lowest BCUT2D eigenvalue weighted by molar-refractivity contribution is -0.385. The highest BCUT2D eigenvalue weighted by molar-refractivity contribution is 7.91. The van der Waals surface area contributed by atoms with E-state index in [0.717, 1.165) is 6.07 Å².